The first-order chi connectivity index (χ1) is 12.5. The fourth-order valence-electron chi connectivity index (χ4n) is 2.92. The molecule has 1 heterocycles. The van der Waals surface area contributed by atoms with E-state index in [2.05, 4.69) is 10.3 Å². The van der Waals surface area contributed by atoms with Crippen molar-refractivity contribution in [2.75, 3.05) is 6.54 Å². The summed E-state index contributed by atoms with van der Waals surface area (Å²) in [4.78, 5) is 25.7. The number of aromatic amines is 1. The zero-order valence-corrected chi connectivity index (χ0v) is 14.1. The Labute approximate surface area is 150 Å². The minimum Gasteiger partial charge on any atom is -0.361 e. The zero-order chi connectivity index (χ0) is 18.5. The average Bonchev–Trinajstić information content (AvgIpc) is 3.05. The number of nitrogens with two attached hydrogens (primary N) is 1. The molecule has 7 nitrogen and oxygen atoms in total. The lowest BCUT2D eigenvalue weighted by atomic mass is 10.0. The van der Waals surface area contributed by atoms with Crippen molar-refractivity contribution in [2.24, 2.45) is 5.73 Å². The van der Waals surface area contributed by atoms with Crippen LogP contribution in [-0.2, 0) is 17.6 Å². The van der Waals surface area contributed by atoms with Crippen molar-refractivity contribution in [2.45, 2.75) is 18.9 Å². The Hall–Kier alpha value is -3.19. The molecule has 0 saturated carbocycles. The quantitative estimate of drug-likeness (QED) is 0.447. The molecule has 1 aromatic heterocycles. The van der Waals surface area contributed by atoms with E-state index in [4.69, 9.17) is 5.73 Å². The van der Waals surface area contributed by atoms with Crippen LogP contribution in [0.25, 0.3) is 10.9 Å². The molecule has 0 unspecified atom stereocenters. The smallest absolute Gasteiger partial charge is 0.269 e. The van der Waals surface area contributed by atoms with Gasteiger partial charge in [0.1, 0.15) is 0 Å². The molecule has 2 aromatic carbocycles. The van der Waals surface area contributed by atoms with Gasteiger partial charge in [-0.2, -0.15) is 0 Å². The summed E-state index contributed by atoms with van der Waals surface area (Å²) in [5, 5.41) is 14.6. The molecule has 0 radical (unpaired) electrons. The molecular formula is C19H20N4O3. The molecule has 0 spiro atoms. The van der Waals surface area contributed by atoms with Gasteiger partial charge in [-0.1, -0.05) is 30.3 Å². The standard InChI is InChI=1S/C19H20N4O3/c20-17(11-14-12-22-18-7-2-1-6-16(14)18)19(24)21-9-8-13-4-3-5-15(10-13)23(25)26/h1-7,10,12,17,22H,8-9,11,20H2,(H,21,24)/t17-/m0/s1. The van der Waals surface area contributed by atoms with E-state index in [1.165, 1.54) is 12.1 Å². The lowest BCUT2D eigenvalue weighted by Gasteiger charge is -2.12. The number of amides is 1. The van der Waals surface area contributed by atoms with E-state index in [1.54, 1.807) is 12.1 Å². The van der Waals surface area contributed by atoms with E-state index in [0.717, 1.165) is 22.0 Å². The highest BCUT2D eigenvalue weighted by Gasteiger charge is 2.16. The second-order valence-electron chi connectivity index (χ2n) is 6.14. The molecule has 0 aliphatic carbocycles. The lowest BCUT2D eigenvalue weighted by molar-refractivity contribution is -0.384. The predicted octanol–water partition coefficient (Wildman–Crippen LogP) is 2.30. The number of hydrogen-bond acceptors (Lipinski definition) is 4. The minimum atomic E-state index is -0.653. The van der Waals surface area contributed by atoms with Crippen molar-refractivity contribution in [1.82, 2.24) is 10.3 Å². The second kappa shape index (κ2) is 7.79. The van der Waals surface area contributed by atoms with E-state index in [0.29, 0.717) is 19.4 Å². The molecule has 26 heavy (non-hydrogen) atoms. The topological polar surface area (TPSA) is 114 Å². The molecule has 1 atom stereocenters. The number of carbonyl (C=O) groups excluding carboxylic acids is 1. The van der Waals surface area contributed by atoms with Crippen molar-refractivity contribution >= 4 is 22.5 Å². The summed E-state index contributed by atoms with van der Waals surface area (Å²) in [6, 6.07) is 13.6. The normalized spacial score (nSPS) is 12.0. The maximum atomic E-state index is 12.2. The average molecular weight is 352 g/mol. The summed E-state index contributed by atoms with van der Waals surface area (Å²) in [7, 11) is 0. The van der Waals surface area contributed by atoms with Crippen LogP contribution in [-0.4, -0.2) is 28.4 Å². The number of fused-ring (bicyclic) bond motifs is 1. The highest BCUT2D eigenvalue weighted by molar-refractivity contribution is 5.86. The van der Waals surface area contributed by atoms with Crippen molar-refractivity contribution in [1.29, 1.82) is 0 Å². The number of rotatable bonds is 7. The van der Waals surface area contributed by atoms with Crippen molar-refractivity contribution < 1.29 is 9.72 Å². The Bertz CT molecular complexity index is 935. The van der Waals surface area contributed by atoms with Gasteiger partial charge in [-0.15, -0.1) is 0 Å². The number of nitro benzene ring substituents is 1. The SMILES string of the molecule is N[C@@H](Cc1c[nH]c2ccccc12)C(=O)NCCc1cccc([N+](=O)[O-])c1. The first-order valence-corrected chi connectivity index (χ1v) is 8.36. The van der Waals surface area contributed by atoms with Crippen LogP contribution in [0.2, 0.25) is 0 Å². The summed E-state index contributed by atoms with van der Waals surface area (Å²) in [6.07, 6.45) is 2.82. The fourth-order valence-corrected chi connectivity index (χ4v) is 2.92. The third-order valence-electron chi connectivity index (χ3n) is 4.29. The molecule has 0 aliphatic heterocycles. The molecule has 0 saturated heterocycles. The van der Waals surface area contributed by atoms with Gasteiger partial charge in [0.15, 0.2) is 0 Å². The van der Waals surface area contributed by atoms with Crippen LogP contribution >= 0.6 is 0 Å². The van der Waals surface area contributed by atoms with Crippen molar-refractivity contribution in [3.63, 3.8) is 0 Å². The van der Waals surface area contributed by atoms with E-state index in [1.807, 2.05) is 30.5 Å². The van der Waals surface area contributed by atoms with E-state index in [9.17, 15) is 14.9 Å². The van der Waals surface area contributed by atoms with Gasteiger partial charge in [-0.3, -0.25) is 14.9 Å². The number of aromatic nitrogens is 1. The summed E-state index contributed by atoms with van der Waals surface area (Å²) in [5.74, 6) is -0.235. The fraction of sp³-hybridized carbons (Fsp3) is 0.211. The third-order valence-corrected chi connectivity index (χ3v) is 4.29. The van der Waals surface area contributed by atoms with Crippen LogP contribution in [0.5, 0.6) is 0 Å². The Morgan fingerprint density at radius 2 is 2.04 bits per heavy atom. The molecule has 7 heteroatoms. The number of nitrogens with one attached hydrogen (secondary N) is 2. The lowest BCUT2D eigenvalue weighted by Crippen LogP contribution is -2.42. The first-order valence-electron chi connectivity index (χ1n) is 8.36. The number of carbonyl (C=O) groups is 1. The largest absolute Gasteiger partial charge is 0.361 e. The zero-order valence-electron chi connectivity index (χ0n) is 14.1. The van der Waals surface area contributed by atoms with Gasteiger partial charge in [0.25, 0.3) is 5.69 Å². The second-order valence-corrected chi connectivity index (χ2v) is 6.14. The Morgan fingerprint density at radius 3 is 2.85 bits per heavy atom. The van der Waals surface area contributed by atoms with Gasteiger partial charge in [0, 0.05) is 35.8 Å². The number of H-pyrrole nitrogens is 1. The molecular weight excluding hydrogens is 332 g/mol. The number of nitro groups is 1. The molecule has 0 fully saturated rings. The third kappa shape index (κ3) is 4.07. The highest BCUT2D eigenvalue weighted by Crippen LogP contribution is 2.18. The number of non-ortho nitro benzene ring substituents is 1. The van der Waals surface area contributed by atoms with Gasteiger partial charge in [-0.25, -0.2) is 0 Å². The Balaban J connectivity index is 1.53. The Morgan fingerprint density at radius 1 is 1.23 bits per heavy atom. The van der Waals surface area contributed by atoms with Crippen LogP contribution in [0.4, 0.5) is 5.69 Å². The van der Waals surface area contributed by atoms with Gasteiger partial charge in [0.05, 0.1) is 11.0 Å². The molecule has 0 aliphatic rings. The minimum absolute atomic E-state index is 0.0462. The number of para-hydroxylation sites is 1. The first kappa shape index (κ1) is 17.6. The van der Waals surface area contributed by atoms with Gasteiger partial charge >= 0.3 is 0 Å². The van der Waals surface area contributed by atoms with Gasteiger partial charge in [-0.05, 0) is 30.0 Å². The van der Waals surface area contributed by atoms with E-state index >= 15 is 0 Å². The van der Waals surface area contributed by atoms with Crippen LogP contribution in [0, 0.1) is 10.1 Å². The monoisotopic (exact) mass is 352 g/mol. The van der Waals surface area contributed by atoms with Gasteiger partial charge in [0.2, 0.25) is 5.91 Å². The summed E-state index contributed by atoms with van der Waals surface area (Å²) in [6.45, 7) is 0.377. The molecule has 0 bridgehead atoms. The number of hydrogen-bond donors (Lipinski definition) is 3. The molecule has 3 rings (SSSR count). The highest BCUT2D eigenvalue weighted by atomic mass is 16.6. The van der Waals surface area contributed by atoms with Crippen LogP contribution in [0.3, 0.4) is 0 Å². The summed E-state index contributed by atoms with van der Waals surface area (Å²) >= 11 is 0. The van der Waals surface area contributed by atoms with Crippen molar-refractivity contribution in [3.8, 4) is 0 Å². The van der Waals surface area contributed by atoms with Gasteiger partial charge < -0.3 is 16.0 Å². The molecule has 4 N–H and O–H groups in total. The maximum Gasteiger partial charge on any atom is 0.269 e. The summed E-state index contributed by atoms with van der Waals surface area (Å²) < 4.78 is 0. The number of nitrogens with zero attached hydrogens (tertiary/aromatic N) is 1. The van der Waals surface area contributed by atoms with Crippen LogP contribution in [0.1, 0.15) is 11.1 Å². The molecule has 1 amide bonds. The summed E-state index contributed by atoms with van der Waals surface area (Å²) in [5.41, 5.74) is 8.89. The maximum absolute atomic E-state index is 12.2. The predicted molar refractivity (Wildman–Crippen MR) is 99.8 cm³/mol. The molecule has 134 valence electrons. The van der Waals surface area contributed by atoms with Crippen molar-refractivity contribution in [3.05, 3.63) is 76.0 Å². The number of benzene rings is 2. The van der Waals surface area contributed by atoms with E-state index in [-0.39, 0.29) is 11.6 Å². The van der Waals surface area contributed by atoms with Crippen LogP contribution in [0.15, 0.2) is 54.7 Å². The van der Waals surface area contributed by atoms with Crippen LogP contribution < -0.4 is 11.1 Å². The Kier molecular flexibility index (Phi) is 5.28. The van der Waals surface area contributed by atoms with E-state index < -0.39 is 11.0 Å². The molecule has 3 aromatic rings.